The van der Waals surface area contributed by atoms with Crippen LogP contribution in [-0.4, -0.2) is 55.6 Å². The maximum Gasteiger partial charge on any atom is 0.213 e. The van der Waals surface area contributed by atoms with Gasteiger partial charge in [0.2, 0.25) is 10.0 Å². The van der Waals surface area contributed by atoms with Gasteiger partial charge in [-0.2, -0.15) is 0 Å². The second-order valence-electron chi connectivity index (χ2n) is 4.44. The minimum Gasteiger partial charge on any atom is -0.299 e. The van der Waals surface area contributed by atoms with Crippen LogP contribution >= 0.6 is 0 Å². The fourth-order valence-electron chi connectivity index (χ4n) is 2.61. The molecule has 2 heterocycles. The van der Waals surface area contributed by atoms with E-state index in [1.165, 1.54) is 6.42 Å². The van der Waals surface area contributed by atoms with Crippen LogP contribution in [0.1, 0.15) is 26.2 Å². The van der Waals surface area contributed by atoms with Crippen molar-refractivity contribution in [1.29, 1.82) is 0 Å². The van der Waals surface area contributed by atoms with Gasteiger partial charge in [0.05, 0.1) is 5.75 Å². The van der Waals surface area contributed by atoms with Crippen LogP contribution in [0.15, 0.2) is 0 Å². The molecule has 0 amide bonds. The smallest absolute Gasteiger partial charge is 0.213 e. The van der Waals surface area contributed by atoms with Gasteiger partial charge >= 0.3 is 0 Å². The van der Waals surface area contributed by atoms with E-state index in [1.54, 1.807) is 11.2 Å². The van der Waals surface area contributed by atoms with Gasteiger partial charge in [0.25, 0.3) is 0 Å². The van der Waals surface area contributed by atoms with Crippen molar-refractivity contribution < 1.29 is 8.42 Å². The Labute approximate surface area is 92.3 Å². The lowest BCUT2D eigenvalue weighted by atomic mass is 10.2. The molecule has 0 saturated carbocycles. The zero-order valence-corrected chi connectivity index (χ0v) is 10.2. The second-order valence-corrected chi connectivity index (χ2v) is 6.70. The third-order valence-corrected chi connectivity index (χ3v) is 5.37. The van der Waals surface area contributed by atoms with Gasteiger partial charge < -0.3 is 0 Å². The van der Waals surface area contributed by atoms with E-state index in [2.05, 4.69) is 4.90 Å². The molecule has 0 aromatic carbocycles. The molecule has 2 fully saturated rings. The van der Waals surface area contributed by atoms with Crippen LogP contribution in [0.2, 0.25) is 0 Å². The van der Waals surface area contributed by atoms with E-state index in [1.807, 2.05) is 0 Å². The summed E-state index contributed by atoms with van der Waals surface area (Å²) in [7, 11) is -2.98. The standard InChI is InChI=1S/C10H20N2O2S/c1-2-15(13,14)12-8-4-7-11-6-3-5-10(11)9-12/h10H,2-9H2,1H3. The lowest BCUT2D eigenvalue weighted by molar-refractivity contribution is 0.257. The molecule has 2 saturated heterocycles. The minimum absolute atomic E-state index is 0.236. The third-order valence-electron chi connectivity index (χ3n) is 3.52. The maximum absolute atomic E-state index is 11.8. The molecule has 0 N–H and O–H groups in total. The van der Waals surface area contributed by atoms with Crippen LogP contribution < -0.4 is 0 Å². The molecule has 0 spiro atoms. The molecular formula is C10H20N2O2S. The Morgan fingerprint density at radius 1 is 1.20 bits per heavy atom. The minimum atomic E-state index is -2.98. The Morgan fingerprint density at radius 3 is 2.67 bits per heavy atom. The third kappa shape index (κ3) is 2.34. The second kappa shape index (κ2) is 4.39. The van der Waals surface area contributed by atoms with E-state index in [9.17, 15) is 8.42 Å². The molecule has 4 nitrogen and oxygen atoms in total. The number of fused-ring (bicyclic) bond motifs is 1. The summed E-state index contributed by atoms with van der Waals surface area (Å²) in [4.78, 5) is 2.45. The number of hydrogen-bond acceptors (Lipinski definition) is 3. The van der Waals surface area contributed by atoms with E-state index in [0.717, 1.165) is 32.5 Å². The van der Waals surface area contributed by atoms with Crippen molar-refractivity contribution in [2.24, 2.45) is 0 Å². The number of hydrogen-bond donors (Lipinski definition) is 0. The zero-order chi connectivity index (χ0) is 10.9. The van der Waals surface area contributed by atoms with Crippen molar-refractivity contribution in [3.63, 3.8) is 0 Å². The molecule has 0 aromatic rings. The predicted octanol–water partition coefficient (Wildman–Crippen LogP) is 0.506. The highest BCUT2D eigenvalue weighted by atomic mass is 32.2. The average molecular weight is 232 g/mol. The van der Waals surface area contributed by atoms with Gasteiger partial charge in [0.1, 0.15) is 0 Å². The molecule has 88 valence electrons. The van der Waals surface area contributed by atoms with Gasteiger partial charge in [0, 0.05) is 19.1 Å². The monoisotopic (exact) mass is 232 g/mol. The summed E-state index contributed by atoms with van der Waals surface area (Å²) in [5.41, 5.74) is 0. The Hall–Kier alpha value is -0.130. The number of rotatable bonds is 2. The lowest BCUT2D eigenvalue weighted by Crippen LogP contribution is -2.40. The molecule has 2 rings (SSSR count). The van der Waals surface area contributed by atoms with E-state index in [4.69, 9.17) is 0 Å². The van der Waals surface area contributed by atoms with Crippen LogP contribution in [0, 0.1) is 0 Å². The van der Waals surface area contributed by atoms with Crippen molar-refractivity contribution in [3.05, 3.63) is 0 Å². The first-order valence-electron chi connectivity index (χ1n) is 5.85. The molecule has 5 heteroatoms. The summed E-state index contributed by atoms with van der Waals surface area (Å²) in [6, 6.07) is 0.480. The van der Waals surface area contributed by atoms with E-state index in [-0.39, 0.29) is 5.75 Å². The van der Waals surface area contributed by atoms with Crippen LogP contribution in [0.3, 0.4) is 0 Å². The van der Waals surface area contributed by atoms with Crippen LogP contribution in [0.4, 0.5) is 0 Å². The summed E-state index contributed by atoms with van der Waals surface area (Å²) in [5, 5.41) is 0. The fourth-order valence-corrected chi connectivity index (χ4v) is 3.78. The van der Waals surface area contributed by atoms with Crippen LogP contribution in [-0.2, 0) is 10.0 Å². The molecule has 0 aromatic heterocycles. The first-order chi connectivity index (χ1) is 7.13. The first kappa shape index (κ1) is 11.4. The first-order valence-corrected chi connectivity index (χ1v) is 7.46. The van der Waals surface area contributed by atoms with Crippen LogP contribution in [0.5, 0.6) is 0 Å². The average Bonchev–Trinajstić information content (AvgIpc) is 2.55. The highest BCUT2D eigenvalue weighted by Crippen LogP contribution is 2.22. The topological polar surface area (TPSA) is 40.6 Å². The van der Waals surface area contributed by atoms with Gasteiger partial charge in [0.15, 0.2) is 0 Å². The van der Waals surface area contributed by atoms with Crippen molar-refractivity contribution in [2.45, 2.75) is 32.2 Å². The quantitative estimate of drug-likeness (QED) is 0.696. The van der Waals surface area contributed by atoms with E-state index in [0.29, 0.717) is 12.6 Å². The van der Waals surface area contributed by atoms with E-state index < -0.39 is 10.0 Å². The molecule has 0 aliphatic carbocycles. The van der Waals surface area contributed by atoms with Crippen molar-refractivity contribution in [1.82, 2.24) is 9.21 Å². The van der Waals surface area contributed by atoms with E-state index >= 15 is 0 Å². The van der Waals surface area contributed by atoms with Crippen molar-refractivity contribution >= 4 is 10.0 Å². The van der Waals surface area contributed by atoms with Crippen LogP contribution in [0.25, 0.3) is 0 Å². The highest BCUT2D eigenvalue weighted by Gasteiger charge is 2.32. The Bertz CT molecular complexity index is 315. The van der Waals surface area contributed by atoms with Gasteiger partial charge in [-0.15, -0.1) is 0 Å². The fraction of sp³-hybridized carbons (Fsp3) is 1.00. The summed E-state index contributed by atoms with van der Waals surface area (Å²) >= 11 is 0. The van der Waals surface area contributed by atoms with Gasteiger partial charge in [-0.1, -0.05) is 0 Å². The molecule has 1 atom stereocenters. The van der Waals surface area contributed by atoms with Crippen molar-refractivity contribution in [3.8, 4) is 0 Å². The largest absolute Gasteiger partial charge is 0.299 e. The molecule has 15 heavy (non-hydrogen) atoms. The Morgan fingerprint density at radius 2 is 1.93 bits per heavy atom. The van der Waals surface area contributed by atoms with Gasteiger partial charge in [-0.3, -0.25) is 4.90 Å². The molecule has 0 bridgehead atoms. The summed E-state index contributed by atoms with van der Waals surface area (Å²) in [5.74, 6) is 0.236. The molecular weight excluding hydrogens is 212 g/mol. The highest BCUT2D eigenvalue weighted by molar-refractivity contribution is 7.89. The SMILES string of the molecule is CCS(=O)(=O)N1CCCN2CCCC2C1. The summed E-state index contributed by atoms with van der Waals surface area (Å²) in [6.45, 7) is 5.39. The molecule has 2 aliphatic rings. The van der Waals surface area contributed by atoms with Gasteiger partial charge in [-0.25, -0.2) is 12.7 Å². The molecule has 1 unspecified atom stereocenters. The number of nitrogens with zero attached hydrogens (tertiary/aromatic N) is 2. The van der Waals surface area contributed by atoms with Gasteiger partial charge in [-0.05, 0) is 39.3 Å². The lowest BCUT2D eigenvalue weighted by Gasteiger charge is -2.24. The predicted molar refractivity (Wildman–Crippen MR) is 60.2 cm³/mol. The molecule has 2 aliphatic heterocycles. The normalized spacial score (nSPS) is 30.1. The Balaban J connectivity index is 2.09. The summed E-state index contributed by atoms with van der Waals surface area (Å²) in [6.07, 6.45) is 3.37. The number of sulfonamides is 1. The summed E-state index contributed by atoms with van der Waals surface area (Å²) < 4.78 is 25.3. The Kier molecular flexibility index (Phi) is 3.33. The maximum atomic E-state index is 11.8. The zero-order valence-electron chi connectivity index (χ0n) is 9.35. The molecule has 0 radical (unpaired) electrons. The van der Waals surface area contributed by atoms with Crippen molar-refractivity contribution in [2.75, 3.05) is 31.9 Å².